The Morgan fingerprint density at radius 1 is 0.385 bits per heavy atom. The SMILES string of the molecule is COCCOCCCC1(CCCOCCOCCOCCOCCOCCOCCOCCOCCOCCOCCOCCOC)c2ccccc2-c2ccc(-c3ccc(OCCCCCC(=O)OC(C)(C)C)cc3)cc21. The number of fused-ring (bicyclic) bond motifs is 3. The van der Waals surface area contributed by atoms with Crippen LogP contribution in [0.2, 0.25) is 0 Å². The monoisotopic (exact) mass is 1100 g/mol. The van der Waals surface area contributed by atoms with E-state index in [1.807, 2.05) is 20.8 Å². The summed E-state index contributed by atoms with van der Waals surface area (Å²) in [7, 11) is 3.35. The topological polar surface area (TPSA) is 165 Å². The van der Waals surface area contributed by atoms with Crippen molar-refractivity contribution in [2.45, 2.75) is 83.2 Å². The highest BCUT2D eigenvalue weighted by Crippen LogP contribution is 2.54. The lowest BCUT2D eigenvalue weighted by Gasteiger charge is -2.33. The normalized spacial score (nSPS) is 14.0. The van der Waals surface area contributed by atoms with Crippen molar-refractivity contribution in [3.63, 3.8) is 0 Å². The molecule has 0 aromatic heterocycles. The highest BCUT2D eigenvalue weighted by atomic mass is 16.6. The Kier molecular flexibility index (Phi) is 37.0. The molecule has 0 saturated carbocycles. The number of ether oxygens (including phenoxy) is 16. The third-order valence-electron chi connectivity index (χ3n) is 12.5. The Hall–Kier alpha value is -3.63. The molecule has 0 aliphatic heterocycles. The van der Waals surface area contributed by atoms with E-state index in [1.54, 1.807) is 14.2 Å². The number of carbonyl (C=O) groups excluding carboxylic acids is 1. The van der Waals surface area contributed by atoms with Gasteiger partial charge < -0.3 is 75.8 Å². The van der Waals surface area contributed by atoms with Gasteiger partial charge in [0.1, 0.15) is 11.4 Å². The zero-order valence-corrected chi connectivity index (χ0v) is 48.0. The summed E-state index contributed by atoms with van der Waals surface area (Å²) < 4.78 is 89.3. The first-order valence-electron chi connectivity index (χ1n) is 28.4. The van der Waals surface area contributed by atoms with E-state index in [2.05, 4.69) is 66.7 Å². The van der Waals surface area contributed by atoms with Gasteiger partial charge in [-0.2, -0.15) is 0 Å². The summed E-state index contributed by atoms with van der Waals surface area (Å²) in [5, 5.41) is 0. The minimum absolute atomic E-state index is 0.145. The van der Waals surface area contributed by atoms with Crippen LogP contribution in [0.25, 0.3) is 22.3 Å². The average Bonchev–Trinajstić information content (AvgIpc) is 3.92. The van der Waals surface area contributed by atoms with Crippen LogP contribution in [0.5, 0.6) is 5.75 Å². The molecular formula is C61H96O17. The molecule has 0 radical (unpaired) electrons. The van der Waals surface area contributed by atoms with Crippen LogP contribution in [0.4, 0.5) is 0 Å². The molecule has 1 aliphatic carbocycles. The summed E-state index contributed by atoms with van der Waals surface area (Å²) in [6, 6.07) is 24.2. The molecule has 17 heteroatoms. The van der Waals surface area contributed by atoms with Crippen LogP contribution in [-0.2, 0) is 81.3 Å². The third kappa shape index (κ3) is 29.2. The molecule has 1 aliphatic rings. The molecule has 0 spiro atoms. The zero-order valence-electron chi connectivity index (χ0n) is 48.0. The fourth-order valence-corrected chi connectivity index (χ4v) is 8.81. The lowest BCUT2D eigenvalue weighted by molar-refractivity contribution is -0.154. The second kappa shape index (κ2) is 43.1. The van der Waals surface area contributed by atoms with Gasteiger partial charge in [-0.1, -0.05) is 48.5 Å². The van der Waals surface area contributed by atoms with Crippen LogP contribution in [0.1, 0.15) is 83.3 Å². The van der Waals surface area contributed by atoms with Crippen LogP contribution in [0, 0.1) is 0 Å². The molecule has 0 heterocycles. The van der Waals surface area contributed by atoms with Crippen LogP contribution in [0.3, 0.4) is 0 Å². The van der Waals surface area contributed by atoms with Gasteiger partial charge in [0.05, 0.1) is 165 Å². The standard InChI is InChI=1S/C61H96O17/c1-60(2,3)78-59(62)15-7-6-10-26-77-54-19-16-52(17-20-54)53-18-21-56-55-13-8-9-14-57(55)61(58(56)51-53,22-11-24-65-29-27-63-4)23-12-25-66-31-32-68-35-36-70-39-40-72-43-44-74-47-48-76-50-49-75-46-45-73-42-41-71-38-37-69-34-33-67-30-28-64-5/h8-9,13-14,16-21,51H,6-7,10-12,15,22-50H2,1-5H3. The van der Waals surface area contributed by atoms with Crippen LogP contribution >= 0.6 is 0 Å². The van der Waals surface area contributed by atoms with Crippen LogP contribution in [0.15, 0.2) is 66.7 Å². The molecule has 1 atom stereocenters. The van der Waals surface area contributed by atoms with Gasteiger partial charge in [0.2, 0.25) is 0 Å². The van der Waals surface area contributed by atoms with Crippen molar-refractivity contribution in [3.8, 4) is 28.0 Å². The van der Waals surface area contributed by atoms with Crippen molar-refractivity contribution < 1.29 is 80.6 Å². The fourth-order valence-electron chi connectivity index (χ4n) is 8.81. The molecule has 0 bridgehead atoms. The van der Waals surface area contributed by atoms with E-state index in [0.717, 1.165) is 56.3 Å². The summed E-state index contributed by atoms with van der Waals surface area (Å²) in [6.07, 6.45) is 6.72. The summed E-state index contributed by atoms with van der Waals surface area (Å²) in [5.41, 5.74) is 7.01. The van der Waals surface area contributed by atoms with E-state index < -0.39 is 5.60 Å². The molecule has 1 unspecified atom stereocenters. The van der Waals surface area contributed by atoms with Crippen LogP contribution < -0.4 is 4.74 Å². The summed E-state index contributed by atoms with van der Waals surface area (Å²) in [5.74, 6) is 0.695. The fraction of sp³-hybridized carbons (Fsp3) is 0.689. The first-order chi connectivity index (χ1) is 38.3. The molecule has 0 fully saturated rings. The van der Waals surface area contributed by atoms with Gasteiger partial charge in [-0.25, -0.2) is 0 Å². The van der Waals surface area contributed by atoms with E-state index in [-0.39, 0.29) is 11.4 Å². The third-order valence-corrected chi connectivity index (χ3v) is 12.5. The van der Waals surface area contributed by atoms with Crippen LogP contribution in [-0.4, -0.2) is 204 Å². The Bertz CT molecular complexity index is 1930. The highest BCUT2D eigenvalue weighted by Gasteiger charge is 2.42. The molecule has 17 nitrogen and oxygen atoms in total. The minimum Gasteiger partial charge on any atom is -0.494 e. The Morgan fingerprint density at radius 2 is 0.769 bits per heavy atom. The largest absolute Gasteiger partial charge is 0.494 e. The Morgan fingerprint density at radius 3 is 1.19 bits per heavy atom. The first-order valence-corrected chi connectivity index (χ1v) is 28.4. The number of methoxy groups -OCH3 is 2. The molecule has 3 aromatic rings. The van der Waals surface area contributed by atoms with Crippen molar-refractivity contribution in [1.29, 1.82) is 0 Å². The van der Waals surface area contributed by atoms with Gasteiger partial charge in [0, 0.05) is 39.3 Å². The molecule has 0 N–H and O–H groups in total. The number of hydrogen-bond acceptors (Lipinski definition) is 17. The van der Waals surface area contributed by atoms with E-state index in [9.17, 15) is 4.79 Å². The number of benzene rings is 3. The molecular weight excluding hydrogens is 1000 g/mol. The average molecular weight is 1100 g/mol. The Labute approximate surface area is 466 Å². The Balaban J connectivity index is 1.03. The number of hydrogen-bond donors (Lipinski definition) is 0. The lowest BCUT2D eigenvalue weighted by atomic mass is 9.71. The maximum absolute atomic E-state index is 12.0. The molecule has 3 aromatic carbocycles. The zero-order chi connectivity index (χ0) is 55.5. The molecule has 442 valence electrons. The summed E-state index contributed by atoms with van der Waals surface area (Å²) in [6.45, 7) is 20.0. The summed E-state index contributed by atoms with van der Waals surface area (Å²) in [4.78, 5) is 12.0. The number of esters is 1. The van der Waals surface area contributed by atoms with Gasteiger partial charge in [-0.3, -0.25) is 4.79 Å². The first kappa shape index (κ1) is 66.9. The van der Waals surface area contributed by atoms with Crippen molar-refractivity contribution in [3.05, 3.63) is 77.9 Å². The van der Waals surface area contributed by atoms with E-state index in [0.29, 0.717) is 185 Å². The smallest absolute Gasteiger partial charge is 0.306 e. The van der Waals surface area contributed by atoms with Crippen molar-refractivity contribution in [1.82, 2.24) is 0 Å². The van der Waals surface area contributed by atoms with E-state index >= 15 is 0 Å². The van der Waals surface area contributed by atoms with Gasteiger partial charge in [0.15, 0.2) is 0 Å². The second-order valence-corrected chi connectivity index (χ2v) is 19.7. The predicted molar refractivity (Wildman–Crippen MR) is 300 cm³/mol. The molecule has 4 rings (SSSR count). The van der Waals surface area contributed by atoms with Crippen molar-refractivity contribution in [2.24, 2.45) is 0 Å². The maximum atomic E-state index is 12.0. The van der Waals surface area contributed by atoms with E-state index in [1.165, 1.54) is 27.8 Å². The highest BCUT2D eigenvalue weighted by molar-refractivity contribution is 5.84. The number of rotatable bonds is 52. The quantitative estimate of drug-likeness (QED) is 0.0388. The summed E-state index contributed by atoms with van der Waals surface area (Å²) >= 11 is 0. The predicted octanol–water partition coefficient (Wildman–Crippen LogP) is 8.95. The molecule has 0 amide bonds. The minimum atomic E-state index is -0.450. The van der Waals surface area contributed by atoms with Gasteiger partial charge >= 0.3 is 5.97 Å². The van der Waals surface area contributed by atoms with Crippen molar-refractivity contribution in [2.75, 3.05) is 193 Å². The number of unbranched alkanes of at least 4 members (excludes halogenated alkanes) is 2. The molecule has 0 saturated heterocycles. The van der Waals surface area contributed by atoms with E-state index in [4.69, 9.17) is 75.8 Å². The lowest BCUT2D eigenvalue weighted by Crippen LogP contribution is -2.27. The van der Waals surface area contributed by atoms with Gasteiger partial charge in [-0.05, 0) is 117 Å². The number of carbonyl (C=O) groups is 1. The second-order valence-electron chi connectivity index (χ2n) is 19.7. The maximum Gasteiger partial charge on any atom is 0.306 e. The molecule has 78 heavy (non-hydrogen) atoms. The van der Waals surface area contributed by atoms with Gasteiger partial charge in [0.25, 0.3) is 0 Å². The van der Waals surface area contributed by atoms with Gasteiger partial charge in [-0.15, -0.1) is 0 Å². The van der Waals surface area contributed by atoms with Crippen molar-refractivity contribution >= 4 is 5.97 Å².